The molecule has 1 aliphatic heterocycles. The summed E-state index contributed by atoms with van der Waals surface area (Å²) in [5.41, 5.74) is 0. The van der Waals surface area contributed by atoms with Crippen LogP contribution < -0.4 is 5.32 Å². The molecule has 0 saturated carbocycles. The fourth-order valence-corrected chi connectivity index (χ4v) is 2.69. The quantitative estimate of drug-likeness (QED) is 0.849. The number of piperidine rings is 1. The van der Waals surface area contributed by atoms with Crippen molar-refractivity contribution in [3.8, 4) is 0 Å². The second-order valence-electron chi connectivity index (χ2n) is 5.48. The van der Waals surface area contributed by atoms with Crippen molar-refractivity contribution in [3.63, 3.8) is 0 Å². The third-order valence-electron chi connectivity index (χ3n) is 3.83. The van der Waals surface area contributed by atoms with Crippen LogP contribution in [0.3, 0.4) is 0 Å². The van der Waals surface area contributed by atoms with E-state index in [1.807, 2.05) is 0 Å². The molecule has 2 heterocycles. The van der Waals surface area contributed by atoms with Gasteiger partial charge < -0.3 is 19.7 Å². The molecule has 2 unspecified atom stereocenters. The standard InChI is InChI=1S/C15H22N2O4/c1-11(16-14(19)13-5-3-9-21-13)15(20)17-7-2-4-12(10-17)6-8-18/h3,5,9,11-12,18H,2,4,6-8,10H2,1H3,(H,16,19). The lowest BCUT2D eigenvalue weighted by Crippen LogP contribution is -2.50. The summed E-state index contributed by atoms with van der Waals surface area (Å²) in [5.74, 6) is 0.0782. The minimum Gasteiger partial charge on any atom is -0.459 e. The summed E-state index contributed by atoms with van der Waals surface area (Å²) in [6.07, 6.45) is 4.12. The number of nitrogens with zero attached hydrogens (tertiary/aromatic N) is 1. The molecule has 0 aliphatic carbocycles. The smallest absolute Gasteiger partial charge is 0.287 e. The zero-order valence-corrected chi connectivity index (χ0v) is 12.2. The lowest BCUT2D eigenvalue weighted by Gasteiger charge is -2.34. The highest BCUT2D eigenvalue weighted by molar-refractivity contribution is 5.95. The minimum absolute atomic E-state index is 0.0856. The van der Waals surface area contributed by atoms with E-state index in [1.165, 1.54) is 6.26 Å². The molecule has 2 amide bonds. The summed E-state index contributed by atoms with van der Waals surface area (Å²) < 4.78 is 5.01. The third kappa shape index (κ3) is 4.07. The van der Waals surface area contributed by atoms with Gasteiger partial charge in [0.2, 0.25) is 5.91 Å². The van der Waals surface area contributed by atoms with Gasteiger partial charge in [0.15, 0.2) is 5.76 Å². The molecule has 116 valence electrons. The number of likely N-dealkylation sites (tertiary alicyclic amines) is 1. The van der Waals surface area contributed by atoms with E-state index in [-0.39, 0.29) is 24.2 Å². The molecular formula is C15H22N2O4. The van der Waals surface area contributed by atoms with E-state index < -0.39 is 6.04 Å². The molecule has 6 heteroatoms. The van der Waals surface area contributed by atoms with Gasteiger partial charge in [-0.1, -0.05) is 0 Å². The Kier molecular flexibility index (Phi) is 5.38. The van der Waals surface area contributed by atoms with Gasteiger partial charge in [-0.05, 0) is 44.2 Å². The van der Waals surface area contributed by atoms with Gasteiger partial charge in [0.25, 0.3) is 5.91 Å². The molecule has 1 saturated heterocycles. The molecule has 21 heavy (non-hydrogen) atoms. The molecule has 0 radical (unpaired) electrons. The second-order valence-corrected chi connectivity index (χ2v) is 5.48. The zero-order valence-electron chi connectivity index (χ0n) is 12.2. The van der Waals surface area contributed by atoms with E-state index in [0.717, 1.165) is 19.3 Å². The van der Waals surface area contributed by atoms with Gasteiger partial charge in [-0.25, -0.2) is 0 Å². The van der Waals surface area contributed by atoms with Crippen molar-refractivity contribution in [1.29, 1.82) is 0 Å². The van der Waals surface area contributed by atoms with Crippen molar-refractivity contribution in [2.24, 2.45) is 5.92 Å². The first-order valence-electron chi connectivity index (χ1n) is 7.36. The van der Waals surface area contributed by atoms with Crippen molar-refractivity contribution in [2.75, 3.05) is 19.7 Å². The molecule has 1 aromatic heterocycles. The minimum atomic E-state index is -0.588. The molecule has 0 bridgehead atoms. The van der Waals surface area contributed by atoms with E-state index in [9.17, 15) is 9.59 Å². The topological polar surface area (TPSA) is 82.8 Å². The summed E-state index contributed by atoms with van der Waals surface area (Å²) in [5, 5.41) is 11.7. The van der Waals surface area contributed by atoms with E-state index in [0.29, 0.717) is 19.0 Å². The van der Waals surface area contributed by atoms with Crippen molar-refractivity contribution in [1.82, 2.24) is 10.2 Å². The Morgan fingerprint density at radius 2 is 2.38 bits per heavy atom. The van der Waals surface area contributed by atoms with Crippen LogP contribution in [-0.2, 0) is 4.79 Å². The number of rotatable bonds is 5. The molecule has 6 nitrogen and oxygen atoms in total. The van der Waals surface area contributed by atoms with Crippen LogP contribution in [-0.4, -0.2) is 47.6 Å². The average Bonchev–Trinajstić information content (AvgIpc) is 3.01. The Hall–Kier alpha value is -1.82. The highest BCUT2D eigenvalue weighted by Crippen LogP contribution is 2.19. The summed E-state index contributed by atoms with van der Waals surface area (Å²) in [6.45, 7) is 3.19. The molecule has 1 aromatic rings. The van der Waals surface area contributed by atoms with Crippen LogP contribution in [0.4, 0.5) is 0 Å². The summed E-state index contributed by atoms with van der Waals surface area (Å²) in [6, 6.07) is 2.60. The number of aliphatic hydroxyl groups is 1. The summed E-state index contributed by atoms with van der Waals surface area (Å²) in [7, 11) is 0. The molecule has 1 fully saturated rings. The normalized spacial score (nSPS) is 20.1. The van der Waals surface area contributed by atoms with E-state index >= 15 is 0 Å². The molecule has 1 aliphatic rings. The SMILES string of the molecule is CC(NC(=O)c1ccco1)C(=O)N1CCCC(CCO)C1. The molecule has 0 spiro atoms. The van der Waals surface area contributed by atoms with Gasteiger partial charge in [0.1, 0.15) is 6.04 Å². The summed E-state index contributed by atoms with van der Waals surface area (Å²) >= 11 is 0. The van der Waals surface area contributed by atoms with Crippen molar-refractivity contribution < 1.29 is 19.1 Å². The van der Waals surface area contributed by atoms with Crippen LogP contribution in [0.2, 0.25) is 0 Å². The van der Waals surface area contributed by atoms with E-state index in [1.54, 1.807) is 24.0 Å². The van der Waals surface area contributed by atoms with Crippen LogP contribution in [0, 0.1) is 5.92 Å². The van der Waals surface area contributed by atoms with Gasteiger partial charge in [0.05, 0.1) is 6.26 Å². The van der Waals surface area contributed by atoms with Crippen LogP contribution >= 0.6 is 0 Å². The number of carbonyl (C=O) groups excluding carboxylic acids is 2. The number of furan rings is 1. The first-order chi connectivity index (χ1) is 10.1. The Morgan fingerprint density at radius 3 is 3.05 bits per heavy atom. The van der Waals surface area contributed by atoms with Gasteiger partial charge in [-0.3, -0.25) is 9.59 Å². The largest absolute Gasteiger partial charge is 0.459 e. The lowest BCUT2D eigenvalue weighted by molar-refractivity contribution is -0.134. The molecule has 2 atom stereocenters. The number of aliphatic hydroxyl groups excluding tert-OH is 1. The maximum atomic E-state index is 12.4. The van der Waals surface area contributed by atoms with Crippen LogP contribution in [0.25, 0.3) is 0 Å². The van der Waals surface area contributed by atoms with Crippen molar-refractivity contribution in [3.05, 3.63) is 24.2 Å². The highest BCUT2D eigenvalue weighted by atomic mass is 16.3. The molecule has 2 N–H and O–H groups in total. The number of amides is 2. The van der Waals surface area contributed by atoms with Crippen LogP contribution in [0.1, 0.15) is 36.7 Å². The van der Waals surface area contributed by atoms with E-state index in [2.05, 4.69) is 5.32 Å². The summed E-state index contributed by atoms with van der Waals surface area (Å²) in [4.78, 5) is 26.0. The van der Waals surface area contributed by atoms with Crippen molar-refractivity contribution in [2.45, 2.75) is 32.2 Å². The highest BCUT2D eigenvalue weighted by Gasteiger charge is 2.27. The van der Waals surface area contributed by atoms with Crippen LogP contribution in [0.5, 0.6) is 0 Å². The predicted octanol–water partition coefficient (Wildman–Crippen LogP) is 1.02. The third-order valence-corrected chi connectivity index (χ3v) is 3.83. The first-order valence-corrected chi connectivity index (χ1v) is 7.36. The lowest BCUT2D eigenvalue weighted by atomic mass is 9.95. The maximum absolute atomic E-state index is 12.4. The number of nitrogens with one attached hydrogen (secondary N) is 1. The fourth-order valence-electron chi connectivity index (χ4n) is 2.69. The Morgan fingerprint density at radius 1 is 1.57 bits per heavy atom. The monoisotopic (exact) mass is 294 g/mol. The van der Waals surface area contributed by atoms with Gasteiger partial charge in [-0.2, -0.15) is 0 Å². The van der Waals surface area contributed by atoms with E-state index in [4.69, 9.17) is 9.52 Å². The molecule has 2 rings (SSSR count). The zero-order chi connectivity index (χ0) is 15.2. The number of hydrogen-bond acceptors (Lipinski definition) is 4. The Labute approximate surface area is 124 Å². The van der Waals surface area contributed by atoms with Crippen LogP contribution in [0.15, 0.2) is 22.8 Å². The fraction of sp³-hybridized carbons (Fsp3) is 0.600. The van der Waals surface area contributed by atoms with Gasteiger partial charge >= 0.3 is 0 Å². The molecular weight excluding hydrogens is 272 g/mol. The molecule has 0 aromatic carbocycles. The van der Waals surface area contributed by atoms with Crippen molar-refractivity contribution >= 4 is 11.8 Å². The maximum Gasteiger partial charge on any atom is 0.287 e. The second kappa shape index (κ2) is 7.26. The Bertz CT molecular complexity index is 470. The predicted molar refractivity (Wildman–Crippen MR) is 76.6 cm³/mol. The average molecular weight is 294 g/mol. The first kappa shape index (κ1) is 15.6. The van der Waals surface area contributed by atoms with Gasteiger partial charge in [0, 0.05) is 19.7 Å². The number of carbonyl (C=O) groups is 2. The van der Waals surface area contributed by atoms with Gasteiger partial charge in [-0.15, -0.1) is 0 Å². The number of hydrogen-bond donors (Lipinski definition) is 2. The Balaban J connectivity index is 1.88.